The standard InChI is InChI=1S/C11H14N2O3/c1-7(13-15)9-3-5-10(6-4-9)16-8(2)11(12)14/h3-6,8,15H,1-2H3,(H2,12,14)/b13-7+. The van der Waals surface area contributed by atoms with Crippen molar-refractivity contribution in [2.45, 2.75) is 20.0 Å². The Morgan fingerprint density at radius 2 is 2.00 bits per heavy atom. The highest BCUT2D eigenvalue weighted by Gasteiger charge is 2.09. The summed E-state index contributed by atoms with van der Waals surface area (Å²) in [5.41, 5.74) is 6.36. The Morgan fingerprint density at radius 1 is 1.44 bits per heavy atom. The number of amides is 1. The second-order valence-electron chi connectivity index (χ2n) is 3.37. The number of nitrogens with two attached hydrogens (primary N) is 1. The summed E-state index contributed by atoms with van der Waals surface area (Å²) < 4.78 is 5.27. The number of carbonyl (C=O) groups is 1. The Bertz CT molecular complexity index is 398. The Kier molecular flexibility index (Phi) is 3.88. The van der Waals surface area contributed by atoms with E-state index < -0.39 is 12.0 Å². The van der Waals surface area contributed by atoms with Gasteiger partial charge in [-0.05, 0) is 43.7 Å². The molecule has 0 fully saturated rings. The Morgan fingerprint density at radius 3 is 2.44 bits per heavy atom. The highest BCUT2D eigenvalue weighted by molar-refractivity contribution is 5.98. The molecule has 1 aromatic carbocycles. The van der Waals surface area contributed by atoms with Crippen LogP contribution < -0.4 is 10.5 Å². The molecular weight excluding hydrogens is 208 g/mol. The monoisotopic (exact) mass is 222 g/mol. The quantitative estimate of drug-likeness (QED) is 0.455. The first-order valence-electron chi connectivity index (χ1n) is 4.79. The largest absolute Gasteiger partial charge is 0.481 e. The predicted octanol–water partition coefficient (Wildman–Crippen LogP) is 1.14. The third-order valence-electron chi connectivity index (χ3n) is 2.14. The molecule has 16 heavy (non-hydrogen) atoms. The summed E-state index contributed by atoms with van der Waals surface area (Å²) >= 11 is 0. The van der Waals surface area contributed by atoms with Gasteiger partial charge in [0.15, 0.2) is 6.10 Å². The van der Waals surface area contributed by atoms with E-state index >= 15 is 0 Å². The van der Waals surface area contributed by atoms with E-state index in [2.05, 4.69) is 5.16 Å². The molecule has 5 nitrogen and oxygen atoms in total. The Labute approximate surface area is 93.5 Å². The van der Waals surface area contributed by atoms with Gasteiger partial charge >= 0.3 is 0 Å². The third kappa shape index (κ3) is 2.98. The summed E-state index contributed by atoms with van der Waals surface area (Å²) in [5, 5.41) is 11.7. The van der Waals surface area contributed by atoms with E-state index in [1.165, 1.54) is 0 Å². The maximum absolute atomic E-state index is 10.8. The lowest BCUT2D eigenvalue weighted by Gasteiger charge is -2.11. The lowest BCUT2D eigenvalue weighted by atomic mass is 10.1. The molecule has 1 amide bonds. The number of ether oxygens (including phenoxy) is 1. The van der Waals surface area contributed by atoms with Crippen LogP contribution in [0.2, 0.25) is 0 Å². The normalized spacial score (nSPS) is 13.2. The average molecular weight is 222 g/mol. The van der Waals surface area contributed by atoms with Crippen LogP contribution in [0.25, 0.3) is 0 Å². The van der Waals surface area contributed by atoms with Gasteiger partial charge in [0.05, 0.1) is 5.71 Å². The van der Waals surface area contributed by atoms with Crippen LogP contribution in [0.4, 0.5) is 0 Å². The highest BCUT2D eigenvalue weighted by Crippen LogP contribution is 2.14. The fraction of sp³-hybridized carbons (Fsp3) is 0.273. The number of carbonyl (C=O) groups excluding carboxylic acids is 1. The van der Waals surface area contributed by atoms with Crippen molar-refractivity contribution in [3.63, 3.8) is 0 Å². The molecule has 0 aliphatic carbocycles. The van der Waals surface area contributed by atoms with Crippen LogP contribution in [-0.4, -0.2) is 22.9 Å². The number of rotatable bonds is 4. The van der Waals surface area contributed by atoms with Crippen LogP contribution in [0.3, 0.4) is 0 Å². The first-order valence-corrected chi connectivity index (χ1v) is 4.79. The van der Waals surface area contributed by atoms with Gasteiger partial charge in [-0.15, -0.1) is 0 Å². The molecule has 86 valence electrons. The van der Waals surface area contributed by atoms with Gasteiger partial charge in [0.1, 0.15) is 5.75 Å². The van der Waals surface area contributed by atoms with Crippen molar-refractivity contribution in [3.05, 3.63) is 29.8 Å². The van der Waals surface area contributed by atoms with Gasteiger partial charge in [-0.3, -0.25) is 4.79 Å². The van der Waals surface area contributed by atoms with Crippen LogP contribution in [0.15, 0.2) is 29.4 Å². The van der Waals surface area contributed by atoms with Crippen molar-refractivity contribution in [1.82, 2.24) is 0 Å². The van der Waals surface area contributed by atoms with Crippen molar-refractivity contribution in [3.8, 4) is 5.75 Å². The molecule has 0 aromatic heterocycles. The van der Waals surface area contributed by atoms with Crippen molar-refractivity contribution < 1.29 is 14.7 Å². The molecule has 0 bridgehead atoms. The molecular formula is C11H14N2O3. The summed E-state index contributed by atoms with van der Waals surface area (Å²) in [6.07, 6.45) is -0.668. The minimum Gasteiger partial charge on any atom is -0.481 e. The van der Waals surface area contributed by atoms with Crippen molar-refractivity contribution in [2.75, 3.05) is 0 Å². The first kappa shape index (κ1) is 12.0. The summed E-state index contributed by atoms with van der Waals surface area (Å²) in [7, 11) is 0. The molecule has 0 heterocycles. The number of oxime groups is 1. The summed E-state index contributed by atoms with van der Waals surface area (Å²) in [5.74, 6) is 0.0259. The third-order valence-corrected chi connectivity index (χ3v) is 2.14. The van der Waals surface area contributed by atoms with Crippen LogP contribution in [-0.2, 0) is 4.79 Å². The van der Waals surface area contributed by atoms with E-state index in [9.17, 15) is 4.79 Å². The van der Waals surface area contributed by atoms with E-state index in [0.717, 1.165) is 5.56 Å². The zero-order valence-electron chi connectivity index (χ0n) is 9.18. The molecule has 0 radical (unpaired) electrons. The zero-order chi connectivity index (χ0) is 12.1. The zero-order valence-corrected chi connectivity index (χ0v) is 9.18. The first-order chi connectivity index (χ1) is 7.54. The molecule has 3 N–H and O–H groups in total. The molecule has 1 rings (SSSR count). The lowest BCUT2D eigenvalue weighted by Crippen LogP contribution is -2.30. The van der Waals surface area contributed by atoms with Crippen LogP contribution >= 0.6 is 0 Å². The summed E-state index contributed by atoms with van der Waals surface area (Å²) in [4.78, 5) is 10.8. The van der Waals surface area contributed by atoms with Gasteiger partial charge in [0.25, 0.3) is 5.91 Å². The van der Waals surface area contributed by atoms with Gasteiger partial charge in [-0.2, -0.15) is 0 Å². The van der Waals surface area contributed by atoms with Gasteiger partial charge in [0, 0.05) is 0 Å². The van der Waals surface area contributed by atoms with Gasteiger partial charge in [-0.1, -0.05) is 5.16 Å². The molecule has 1 unspecified atom stereocenters. The number of benzene rings is 1. The topological polar surface area (TPSA) is 84.9 Å². The van der Waals surface area contributed by atoms with E-state index in [1.54, 1.807) is 38.1 Å². The molecule has 1 atom stereocenters. The SMILES string of the molecule is C/C(=N\O)c1ccc(OC(C)C(N)=O)cc1. The summed E-state index contributed by atoms with van der Waals surface area (Å²) in [6.45, 7) is 3.26. The van der Waals surface area contributed by atoms with E-state index in [0.29, 0.717) is 11.5 Å². The lowest BCUT2D eigenvalue weighted by molar-refractivity contribution is -0.123. The molecule has 1 aromatic rings. The van der Waals surface area contributed by atoms with Crippen molar-refractivity contribution >= 4 is 11.6 Å². The maximum Gasteiger partial charge on any atom is 0.258 e. The second-order valence-corrected chi connectivity index (χ2v) is 3.37. The second kappa shape index (κ2) is 5.16. The van der Waals surface area contributed by atoms with Gasteiger partial charge in [-0.25, -0.2) is 0 Å². The van der Waals surface area contributed by atoms with Crippen LogP contribution in [0.5, 0.6) is 5.75 Å². The smallest absolute Gasteiger partial charge is 0.258 e. The molecule has 0 spiro atoms. The number of nitrogens with zero attached hydrogens (tertiary/aromatic N) is 1. The van der Waals surface area contributed by atoms with Gasteiger partial charge < -0.3 is 15.7 Å². The van der Waals surface area contributed by atoms with Crippen LogP contribution in [0, 0.1) is 0 Å². The highest BCUT2D eigenvalue weighted by atomic mass is 16.5. The van der Waals surface area contributed by atoms with Crippen molar-refractivity contribution in [1.29, 1.82) is 0 Å². The maximum atomic E-state index is 10.8. The van der Waals surface area contributed by atoms with E-state index in [1.807, 2.05) is 0 Å². The number of hydrogen-bond acceptors (Lipinski definition) is 4. The summed E-state index contributed by atoms with van der Waals surface area (Å²) in [6, 6.07) is 6.84. The molecule has 0 saturated heterocycles. The molecule has 0 aliphatic rings. The Hall–Kier alpha value is -2.04. The van der Waals surface area contributed by atoms with Crippen molar-refractivity contribution in [2.24, 2.45) is 10.9 Å². The molecule has 5 heteroatoms. The van der Waals surface area contributed by atoms with Crippen LogP contribution in [0.1, 0.15) is 19.4 Å². The number of primary amides is 1. The fourth-order valence-corrected chi connectivity index (χ4v) is 1.09. The number of hydrogen-bond donors (Lipinski definition) is 2. The van der Waals surface area contributed by atoms with E-state index in [-0.39, 0.29) is 0 Å². The molecule has 0 saturated carbocycles. The fourth-order valence-electron chi connectivity index (χ4n) is 1.09. The average Bonchev–Trinajstić information content (AvgIpc) is 2.28. The minimum absolute atomic E-state index is 0.509. The Balaban J connectivity index is 2.76. The minimum atomic E-state index is -0.668. The predicted molar refractivity (Wildman–Crippen MR) is 59.7 cm³/mol. The molecule has 0 aliphatic heterocycles. The van der Waals surface area contributed by atoms with E-state index in [4.69, 9.17) is 15.7 Å². The van der Waals surface area contributed by atoms with Gasteiger partial charge in [0.2, 0.25) is 0 Å².